The van der Waals surface area contributed by atoms with Crippen LogP contribution in [-0.2, 0) is 16.0 Å². The second-order valence-electron chi connectivity index (χ2n) is 7.82. The van der Waals surface area contributed by atoms with Gasteiger partial charge in [0.25, 0.3) is 5.69 Å². The Kier molecular flexibility index (Phi) is 4.48. The Balaban J connectivity index is 1.71. The van der Waals surface area contributed by atoms with Crippen LogP contribution < -0.4 is 0 Å². The molecule has 31 heavy (non-hydrogen) atoms. The van der Waals surface area contributed by atoms with E-state index in [1.807, 2.05) is 24.3 Å². The van der Waals surface area contributed by atoms with Crippen LogP contribution in [0.3, 0.4) is 0 Å². The molecule has 1 fully saturated rings. The average Bonchev–Trinajstić information content (AvgIpc) is 3.14. The number of carbonyl (C=O) groups is 2. The Bertz CT molecular complexity index is 1220. The zero-order chi connectivity index (χ0) is 21.7. The number of non-ortho nitro benzene ring substituents is 1. The summed E-state index contributed by atoms with van der Waals surface area (Å²) in [5, 5.41) is 21.6. The lowest BCUT2D eigenvalue weighted by atomic mass is 9.86. The van der Waals surface area contributed by atoms with Gasteiger partial charge in [0.2, 0.25) is 11.8 Å². The maximum absolute atomic E-state index is 13.2. The minimum Gasteiger partial charge on any atom is -0.395 e. The van der Waals surface area contributed by atoms with Crippen LogP contribution in [0.1, 0.15) is 22.9 Å². The Morgan fingerprint density at radius 2 is 1.97 bits per heavy atom. The number of piperazine rings is 1. The molecule has 9 heteroatoms. The lowest BCUT2D eigenvalue weighted by Gasteiger charge is -2.47. The van der Waals surface area contributed by atoms with E-state index in [1.165, 1.54) is 17.0 Å². The van der Waals surface area contributed by atoms with Gasteiger partial charge in [0.05, 0.1) is 24.1 Å². The average molecular weight is 420 g/mol. The first kappa shape index (κ1) is 19.3. The zero-order valence-corrected chi connectivity index (χ0v) is 16.5. The number of H-pyrrole nitrogens is 1. The Morgan fingerprint density at radius 1 is 1.16 bits per heavy atom. The predicted molar refractivity (Wildman–Crippen MR) is 111 cm³/mol. The number of nitrogens with zero attached hydrogens (tertiary/aromatic N) is 3. The van der Waals surface area contributed by atoms with Gasteiger partial charge in [-0.25, -0.2) is 0 Å². The second kappa shape index (κ2) is 7.21. The molecule has 0 aliphatic carbocycles. The van der Waals surface area contributed by atoms with E-state index in [4.69, 9.17) is 0 Å². The molecule has 2 aliphatic heterocycles. The van der Waals surface area contributed by atoms with Crippen molar-refractivity contribution < 1.29 is 19.6 Å². The van der Waals surface area contributed by atoms with Crippen LogP contribution in [-0.4, -0.2) is 62.4 Å². The maximum atomic E-state index is 13.2. The molecule has 3 heterocycles. The summed E-state index contributed by atoms with van der Waals surface area (Å²) < 4.78 is 0. The van der Waals surface area contributed by atoms with E-state index in [0.717, 1.165) is 22.2 Å². The van der Waals surface area contributed by atoms with Crippen molar-refractivity contribution in [1.82, 2.24) is 14.8 Å². The molecule has 1 aromatic heterocycles. The third kappa shape index (κ3) is 2.97. The molecule has 0 bridgehead atoms. The minimum absolute atomic E-state index is 0.0741. The van der Waals surface area contributed by atoms with Gasteiger partial charge in [0, 0.05) is 41.7 Å². The molecule has 158 valence electrons. The van der Waals surface area contributed by atoms with Gasteiger partial charge in [-0.15, -0.1) is 0 Å². The summed E-state index contributed by atoms with van der Waals surface area (Å²) in [6.45, 7) is -0.258. The van der Waals surface area contributed by atoms with Gasteiger partial charge in [-0.3, -0.25) is 19.7 Å². The standard InChI is InChI=1S/C22H20N4O5/c27-9-8-24-12-19(28)25-18(22(24)29)11-16-15-6-1-2-7-17(15)23-20(16)21(25)13-4-3-5-14(10-13)26(30)31/h1-7,10,18,21,23,27H,8-9,11-12H2/t18-,21-/m1/s1. The van der Waals surface area contributed by atoms with Crippen LogP contribution >= 0.6 is 0 Å². The number of nitro benzene ring substituents is 1. The van der Waals surface area contributed by atoms with Crippen LogP contribution in [0.15, 0.2) is 48.5 Å². The van der Waals surface area contributed by atoms with E-state index in [1.54, 1.807) is 17.0 Å². The number of aromatic amines is 1. The molecular formula is C22H20N4O5. The SMILES string of the molecule is O=C1[C@H]2Cc3c([nH]c4ccccc34)[C@@H](c3cccc([N+](=O)[O-])c3)N2C(=O)CN1CCO. The van der Waals surface area contributed by atoms with Gasteiger partial charge in [-0.2, -0.15) is 0 Å². The van der Waals surface area contributed by atoms with Crippen LogP contribution in [0.4, 0.5) is 5.69 Å². The molecule has 2 aliphatic rings. The van der Waals surface area contributed by atoms with E-state index in [0.29, 0.717) is 12.0 Å². The monoisotopic (exact) mass is 420 g/mol. The smallest absolute Gasteiger partial charge is 0.269 e. The molecule has 2 amide bonds. The first-order valence-corrected chi connectivity index (χ1v) is 10.0. The largest absolute Gasteiger partial charge is 0.395 e. The van der Waals surface area contributed by atoms with Crippen molar-refractivity contribution in [3.63, 3.8) is 0 Å². The number of rotatable bonds is 4. The summed E-state index contributed by atoms with van der Waals surface area (Å²) in [6.07, 6.45) is 0.345. The quantitative estimate of drug-likeness (QED) is 0.492. The summed E-state index contributed by atoms with van der Waals surface area (Å²) in [5.74, 6) is -0.473. The molecule has 0 saturated carbocycles. The number of fused-ring (bicyclic) bond motifs is 4. The lowest BCUT2D eigenvalue weighted by molar-refractivity contribution is -0.384. The Hall–Kier alpha value is -3.72. The highest BCUT2D eigenvalue weighted by molar-refractivity contribution is 5.97. The van der Waals surface area contributed by atoms with Gasteiger partial charge < -0.3 is 19.9 Å². The number of benzene rings is 2. The molecular weight excluding hydrogens is 400 g/mol. The van der Waals surface area contributed by atoms with Gasteiger partial charge in [0.1, 0.15) is 6.04 Å². The third-order valence-corrected chi connectivity index (χ3v) is 6.11. The summed E-state index contributed by atoms with van der Waals surface area (Å²) >= 11 is 0. The Labute approximate surface area is 177 Å². The van der Waals surface area contributed by atoms with Crippen LogP contribution in [0, 0.1) is 10.1 Å². The predicted octanol–water partition coefficient (Wildman–Crippen LogP) is 1.75. The fraction of sp³-hybridized carbons (Fsp3) is 0.273. The Morgan fingerprint density at radius 3 is 2.74 bits per heavy atom. The number of hydrogen-bond donors (Lipinski definition) is 2. The third-order valence-electron chi connectivity index (χ3n) is 6.11. The highest BCUT2D eigenvalue weighted by atomic mass is 16.6. The molecule has 0 unspecified atom stereocenters. The molecule has 5 rings (SSSR count). The first-order valence-electron chi connectivity index (χ1n) is 10.0. The van der Waals surface area contributed by atoms with Crippen molar-refractivity contribution in [2.45, 2.75) is 18.5 Å². The normalized spacial score (nSPS) is 20.7. The molecule has 0 spiro atoms. The molecule has 9 nitrogen and oxygen atoms in total. The number of aromatic nitrogens is 1. The number of nitrogens with one attached hydrogen (secondary N) is 1. The van der Waals surface area contributed by atoms with Crippen molar-refractivity contribution >= 4 is 28.4 Å². The van der Waals surface area contributed by atoms with E-state index >= 15 is 0 Å². The highest BCUT2D eigenvalue weighted by Crippen LogP contribution is 2.43. The zero-order valence-electron chi connectivity index (χ0n) is 16.5. The van der Waals surface area contributed by atoms with Gasteiger partial charge >= 0.3 is 0 Å². The van der Waals surface area contributed by atoms with Crippen molar-refractivity contribution in [3.8, 4) is 0 Å². The fourth-order valence-electron chi connectivity index (χ4n) is 4.79. The highest BCUT2D eigenvalue weighted by Gasteiger charge is 2.48. The van der Waals surface area contributed by atoms with Gasteiger partial charge in [-0.1, -0.05) is 30.3 Å². The summed E-state index contributed by atoms with van der Waals surface area (Å²) in [5.41, 5.74) is 3.09. The number of aliphatic hydroxyl groups is 1. The molecule has 2 N–H and O–H groups in total. The number of aliphatic hydroxyl groups excluding tert-OH is 1. The van der Waals surface area contributed by atoms with Crippen molar-refractivity contribution in [2.24, 2.45) is 0 Å². The van der Waals surface area contributed by atoms with Crippen LogP contribution in [0.5, 0.6) is 0 Å². The molecule has 1 saturated heterocycles. The first-order chi connectivity index (χ1) is 15.0. The van der Waals surface area contributed by atoms with Crippen LogP contribution in [0.2, 0.25) is 0 Å². The topological polar surface area (TPSA) is 120 Å². The summed E-state index contributed by atoms with van der Waals surface area (Å²) in [4.78, 5) is 43.6. The number of amides is 2. The fourth-order valence-corrected chi connectivity index (χ4v) is 4.79. The number of carbonyl (C=O) groups excluding carboxylic acids is 2. The van der Waals surface area contributed by atoms with Gasteiger partial charge in [0.15, 0.2) is 0 Å². The number of nitro groups is 1. The maximum Gasteiger partial charge on any atom is 0.269 e. The molecule has 3 aromatic rings. The van der Waals surface area contributed by atoms with E-state index < -0.39 is 17.0 Å². The summed E-state index contributed by atoms with van der Waals surface area (Å²) in [7, 11) is 0. The molecule has 2 atom stereocenters. The number of hydrogen-bond acceptors (Lipinski definition) is 5. The van der Waals surface area contributed by atoms with Crippen molar-refractivity contribution in [2.75, 3.05) is 19.7 Å². The van der Waals surface area contributed by atoms with Crippen molar-refractivity contribution in [3.05, 3.63) is 75.5 Å². The van der Waals surface area contributed by atoms with E-state index in [-0.39, 0.29) is 37.2 Å². The van der Waals surface area contributed by atoms with Crippen molar-refractivity contribution in [1.29, 1.82) is 0 Å². The van der Waals surface area contributed by atoms with Gasteiger partial charge in [-0.05, 0) is 17.2 Å². The van der Waals surface area contributed by atoms with E-state index in [2.05, 4.69) is 4.98 Å². The minimum atomic E-state index is -0.733. The number of β-amino-alcohol motifs (C(OH)–C–C–N with tert-alkyl or cyclic N) is 1. The number of para-hydroxylation sites is 1. The second-order valence-corrected chi connectivity index (χ2v) is 7.82. The molecule has 0 radical (unpaired) electrons. The summed E-state index contributed by atoms with van der Waals surface area (Å²) in [6, 6.07) is 12.5. The lowest BCUT2D eigenvalue weighted by Crippen LogP contribution is -2.63. The van der Waals surface area contributed by atoms with Crippen LogP contribution in [0.25, 0.3) is 10.9 Å². The van der Waals surface area contributed by atoms with E-state index in [9.17, 15) is 24.8 Å². The molecule has 2 aromatic carbocycles.